The van der Waals surface area contributed by atoms with Gasteiger partial charge in [-0.05, 0) is 42.5 Å². The summed E-state index contributed by atoms with van der Waals surface area (Å²) in [6.45, 7) is 3.86. The Labute approximate surface area is 96.0 Å². The summed E-state index contributed by atoms with van der Waals surface area (Å²) < 4.78 is 5.06. The smallest absolute Gasteiger partial charge is 0.160 e. The molecule has 0 aliphatic rings. The van der Waals surface area contributed by atoms with Crippen molar-refractivity contribution in [1.82, 2.24) is 0 Å². The van der Waals surface area contributed by atoms with E-state index in [4.69, 9.17) is 9.84 Å². The van der Waals surface area contributed by atoms with Gasteiger partial charge >= 0.3 is 0 Å². The minimum Gasteiger partial charge on any atom is -0.504 e. The lowest BCUT2D eigenvalue weighted by molar-refractivity contribution is 0.288. The second-order valence-electron chi connectivity index (χ2n) is 3.61. The molecule has 88 valence electrons. The minimum absolute atomic E-state index is 0.142. The van der Waals surface area contributed by atoms with Gasteiger partial charge in [0.15, 0.2) is 11.5 Å². The van der Waals surface area contributed by atoms with Crippen molar-refractivity contribution >= 4 is 0 Å². The average Bonchev–Trinajstić information content (AvgIpc) is 2.29. The Morgan fingerprint density at radius 1 is 1.38 bits per heavy atom. The van der Waals surface area contributed by atoms with Crippen molar-refractivity contribution in [3.05, 3.63) is 35.9 Å². The fraction of sp³-hybridized carbons (Fsp3) is 0.385. The van der Waals surface area contributed by atoms with Gasteiger partial charge in [0.2, 0.25) is 0 Å². The van der Waals surface area contributed by atoms with E-state index in [-0.39, 0.29) is 12.4 Å². The van der Waals surface area contributed by atoms with E-state index < -0.39 is 0 Å². The number of aromatic hydroxyl groups is 1. The molecular formula is C13H18O3. The third kappa shape index (κ3) is 3.00. The standard InChI is InChI=1S/C13H18O3/c1-3-5-10-9-13(16-2)12(15)8-11(10)6-4-7-14/h3,8-9,14-15H,1,4-7H2,2H3. The number of phenolic OH excluding ortho intramolecular Hbond substituents is 1. The molecule has 0 unspecified atom stereocenters. The second-order valence-corrected chi connectivity index (χ2v) is 3.61. The van der Waals surface area contributed by atoms with E-state index in [2.05, 4.69) is 6.58 Å². The Bertz CT molecular complexity index is 358. The van der Waals surface area contributed by atoms with Crippen LogP contribution in [0.15, 0.2) is 24.8 Å². The summed E-state index contributed by atoms with van der Waals surface area (Å²) in [5.41, 5.74) is 2.12. The van der Waals surface area contributed by atoms with E-state index in [1.54, 1.807) is 6.07 Å². The van der Waals surface area contributed by atoms with Crippen molar-refractivity contribution in [2.45, 2.75) is 19.3 Å². The number of aliphatic hydroxyl groups is 1. The van der Waals surface area contributed by atoms with Crippen LogP contribution in [0.2, 0.25) is 0 Å². The highest BCUT2D eigenvalue weighted by Crippen LogP contribution is 2.30. The van der Waals surface area contributed by atoms with Crippen LogP contribution in [-0.2, 0) is 12.8 Å². The number of aryl methyl sites for hydroxylation is 1. The number of hydrogen-bond donors (Lipinski definition) is 2. The fourth-order valence-electron chi connectivity index (χ4n) is 1.66. The minimum atomic E-state index is 0.142. The van der Waals surface area contributed by atoms with E-state index in [1.807, 2.05) is 12.1 Å². The maximum atomic E-state index is 9.67. The van der Waals surface area contributed by atoms with Crippen LogP contribution in [0, 0.1) is 0 Å². The number of methoxy groups -OCH3 is 1. The molecule has 0 bridgehead atoms. The number of allylic oxidation sites excluding steroid dienone is 1. The molecule has 0 heterocycles. The van der Waals surface area contributed by atoms with E-state index in [1.165, 1.54) is 7.11 Å². The van der Waals surface area contributed by atoms with Crippen molar-refractivity contribution in [3.63, 3.8) is 0 Å². The zero-order valence-electron chi connectivity index (χ0n) is 9.57. The molecule has 0 radical (unpaired) electrons. The summed E-state index contributed by atoms with van der Waals surface area (Å²) in [4.78, 5) is 0. The first-order chi connectivity index (χ1) is 7.72. The predicted octanol–water partition coefficient (Wildman–Crippen LogP) is 2.05. The van der Waals surface area contributed by atoms with Crippen LogP contribution in [0.5, 0.6) is 11.5 Å². The van der Waals surface area contributed by atoms with Gasteiger partial charge in [0.25, 0.3) is 0 Å². The Morgan fingerprint density at radius 2 is 2.12 bits per heavy atom. The zero-order chi connectivity index (χ0) is 12.0. The first-order valence-electron chi connectivity index (χ1n) is 5.33. The molecule has 3 heteroatoms. The highest BCUT2D eigenvalue weighted by Gasteiger charge is 2.08. The molecule has 0 aromatic heterocycles. The lowest BCUT2D eigenvalue weighted by Crippen LogP contribution is -1.97. The second kappa shape index (κ2) is 6.18. The first-order valence-corrected chi connectivity index (χ1v) is 5.33. The van der Waals surface area contributed by atoms with Crippen molar-refractivity contribution in [2.75, 3.05) is 13.7 Å². The summed E-state index contributed by atoms with van der Waals surface area (Å²) in [7, 11) is 1.53. The van der Waals surface area contributed by atoms with E-state index in [9.17, 15) is 5.11 Å². The van der Waals surface area contributed by atoms with Crippen LogP contribution in [0.1, 0.15) is 17.5 Å². The molecule has 0 aliphatic carbocycles. The number of phenols is 1. The molecule has 0 saturated heterocycles. The summed E-state index contributed by atoms with van der Waals surface area (Å²) in [5.74, 6) is 0.618. The van der Waals surface area contributed by atoms with Crippen LogP contribution >= 0.6 is 0 Å². The lowest BCUT2D eigenvalue weighted by atomic mass is 9.99. The van der Waals surface area contributed by atoms with Gasteiger partial charge in [-0.15, -0.1) is 6.58 Å². The molecule has 1 aromatic carbocycles. The van der Waals surface area contributed by atoms with Crippen LogP contribution in [-0.4, -0.2) is 23.9 Å². The number of aliphatic hydroxyl groups excluding tert-OH is 1. The zero-order valence-corrected chi connectivity index (χ0v) is 9.57. The molecule has 1 aromatic rings. The molecule has 2 N–H and O–H groups in total. The maximum absolute atomic E-state index is 9.67. The van der Waals surface area contributed by atoms with Gasteiger partial charge in [-0.3, -0.25) is 0 Å². The van der Waals surface area contributed by atoms with E-state index >= 15 is 0 Å². The molecule has 16 heavy (non-hydrogen) atoms. The van der Waals surface area contributed by atoms with Crippen LogP contribution in [0.3, 0.4) is 0 Å². The van der Waals surface area contributed by atoms with Crippen molar-refractivity contribution in [2.24, 2.45) is 0 Å². The monoisotopic (exact) mass is 222 g/mol. The van der Waals surface area contributed by atoms with Gasteiger partial charge in [0.05, 0.1) is 7.11 Å². The van der Waals surface area contributed by atoms with Gasteiger partial charge in [0, 0.05) is 6.61 Å². The highest BCUT2D eigenvalue weighted by molar-refractivity contribution is 5.47. The van der Waals surface area contributed by atoms with Crippen molar-refractivity contribution in [3.8, 4) is 11.5 Å². The summed E-state index contributed by atoms with van der Waals surface area (Å²) in [6, 6.07) is 3.52. The largest absolute Gasteiger partial charge is 0.504 e. The summed E-state index contributed by atoms with van der Waals surface area (Å²) in [5, 5.41) is 18.5. The highest BCUT2D eigenvalue weighted by atomic mass is 16.5. The number of ether oxygens (including phenoxy) is 1. The van der Waals surface area contributed by atoms with Gasteiger partial charge in [-0.2, -0.15) is 0 Å². The SMILES string of the molecule is C=CCc1cc(OC)c(O)cc1CCCO. The molecule has 0 aliphatic heterocycles. The Hall–Kier alpha value is -1.48. The van der Waals surface area contributed by atoms with Crippen LogP contribution in [0.25, 0.3) is 0 Å². The molecule has 3 nitrogen and oxygen atoms in total. The predicted molar refractivity (Wildman–Crippen MR) is 64.0 cm³/mol. The molecule has 0 amide bonds. The number of rotatable bonds is 6. The van der Waals surface area contributed by atoms with Crippen LogP contribution < -0.4 is 4.74 Å². The van der Waals surface area contributed by atoms with Gasteiger partial charge < -0.3 is 14.9 Å². The van der Waals surface area contributed by atoms with Crippen LogP contribution in [0.4, 0.5) is 0 Å². The number of benzene rings is 1. The molecular weight excluding hydrogens is 204 g/mol. The Morgan fingerprint density at radius 3 is 2.69 bits per heavy atom. The normalized spacial score (nSPS) is 10.1. The summed E-state index contributed by atoms with van der Waals surface area (Å²) >= 11 is 0. The topological polar surface area (TPSA) is 49.7 Å². The van der Waals surface area contributed by atoms with E-state index in [0.717, 1.165) is 24.0 Å². The van der Waals surface area contributed by atoms with Crippen molar-refractivity contribution in [1.29, 1.82) is 0 Å². The average molecular weight is 222 g/mol. The molecule has 0 spiro atoms. The Kier molecular flexibility index (Phi) is 4.86. The molecule has 0 fully saturated rings. The molecule has 0 saturated carbocycles. The van der Waals surface area contributed by atoms with Gasteiger partial charge in [-0.25, -0.2) is 0 Å². The first kappa shape index (κ1) is 12.6. The summed E-state index contributed by atoms with van der Waals surface area (Å²) in [6.07, 6.45) is 3.98. The quantitative estimate of drug-likeness (QED) is 0.724. The lowest BCUT2D eigenvalue weighted by Gasteiger charge is -2.11. The van der Waals surface area contributed by atoms with Gasteiger partial charge in [0.1, 0.15) is 0 Å². The molecule has 1 rings (SSSR count). The third-order valence-electron chi connectivity index (χ3n) is 2.47. The molecule has 0 atom stereocenters. The van der Waals surface area contributed by atoms with E-state index in [0.29, 0.717) is 12.2 Å². The maximum Gasteiger partial charge on any atom is 0.160 e. The fourth-order valence-corrected chi connectivity index (χ4v) is 1.66. The number of hydrogen-bond acceptors (Lipinski definition) is 3. The van der Waals surface area contributed by atoms with Gasteiger partial charge in [-0.1, -0.05) is 6.08 Å². The van der Waals surface area contributed by atoms with Crippen molar-refractivity contribution < 1.29 is 14.9 Å². The third-order valence-corrected chi connectivity index (χ3v) is 2.47. The Balaban J connectivity index is 3.03.